The highest BCUT2D eigenvalue weighted by Gasteiger charge is 2.28. The van der Waals surface area contributed by atoms with Crippen LogP contribution in [-0.4, -0.2) is 28.4 Å². The summed E-state index contributed by atoms with van der Waals surface area (Å²) >= 11 is 3.03. The predicted molar refractivity (Wildman–Crippen MR) is 104 cm³/mol. The number of halogens is 1. The molecule has 3 aromatic rings. The fourth-order valence-corrected chi connectivity index (χ4v) is 3.98. The van der Waals surface area contributed by atoms with Crippen LogP contribution in [0.5, 0.6) is 5.75 Å². The zero-order chi connectivity index (χ0) is 16.6. The van der Waals surface area contributed by atoms with Gasteiger partial charge in [0.2, 0.25) is 0 Å². The topological polar surface area (TPSA) is 55.2 Å². The summed E-state index contributed by atoms with van der Waals surface area (Å²) in [6, 6.07) is 7.81. The molecular weight excluding hydrogens is 364 g/mol. The molecule has 0 radical (unpaired) electrons. The average Bonchev–Trinajstić information content (AvgIpc) is 2.93. The Bertz CT molecular complexity index is 859. The first-order chi connectivity index (χ1) is 11.0. The fourth-order valence-electron chi connectivity index (χ4n) is 2.51. The second kappa shape index (κ2) is 7.27. The SMILES string of the molecule is COc1ccccc1-c1c(C(C)(C)O)sc2cnc(SC)nc12.Cl. The minimum atomic E-state index is -0.971. The third-order valence-corrected chi connectivity index (χ3v) is 5.51. The molecule has 0 aliphatic carbocycles. The van der Waals surface area contributed by atoms with Crippen LogP contribution < -0.4 is 4.74 Å². The number of ether oxygens (including phenoxy) is 1. The third-order valence-electron chi connectivity index (χ3n) is 3.52. The number of para-hydroxylation sites is 1. The van der Waals surface area contributed by atoms with E-state index in [1.807, 2.05) is 36.7 Å². The molecular formula is C17H19ClN2O2S2. The van der Waals surface area contributed by atoms with E-state index in [0.29, 0.717) is 5.16 Å². The minimum Gasteiger partial charge on any atom is -0.496 e. The van der Waals surface area contributed by atoms with Crippen LogP contribution in [0.4, 0.5) is 0 Å². The van der Waals surface area contributed by atoms with E-state index in [0.717, 1.165) is 32.0 Å². The van der Waals surface area contributed by atoms with Crippen molar-refractivity contribution in [2.24, 2.45) is 0 Å². The Morgan fingerprint density at radius 2 is 1.96 bits per heavy atom. The van der Waals surface area contributed by atoms with E-state index >= 15 is 0 Å². The molecule has 0 saturated heterocycles. The van der Waals surface area contributed by atoms with Crippen molar-refractivity contribution >= 4 is 45.7 Å². The van der Waals surface area contributed by atoms with E-state index in [1.165, 1.54) is 23.1 Å². The van der Waals surface area contributed by atoms with Crippen LogP contribution in [0.15, 0.2) is 35.6 Å². The summed E-state index contributed by atoms with van der Waals surface area (Å²) in [6.07, 6.45) is 3.78. The van der Waals surface area contributed by atoms with E-state index in [1.54, 1.807) is 21.0 Å². The van der Waals surface area contributed by atoms with Crippen molar-refractivity contribution in [2.45, 2.75) is 24.6 Å². The van der Waals surface area contributed by atoms with Crippen LogP contribution in [0, 0.1) is 0 Å². The first kappa shape index (κ1) is 19.0. The standard InChI is InChI=1S/C17H18N2O2S2.ClH/c1-17(2,20)15-13(10-7-5-6-8-11(10)21-3)14-12(23-15)9-18-16(19-14)22-4;/h5-9,20H,1-4H3;1H. The molecule has 0 bridgehead atoms. The molecule has 3 rings (SSSR count). The van der Waals surface area contributed by atoms with E-state index in [4.69, 9.17) is 4.74 Å². The number of thioether (sulfide) groups is 1. The van der Waals surface area contributed by atoms with Crippen molar-refractivity contribution in [3.8, 4) is 16.9 Å². The summed E-state index contributed by atoms with van der Waals surface area (Å²) in [5, 5.41) is 11.4. The molecule has 0 saturated carbocycles. The van der Waals surface area contributed by atoms with Crippen LogP contribution in [0.25, 0.3) is 21.3 Å². The van der Waals surface area contributed by atoms with Crippen LogP contribution in [0.3, 0.4) is 0 Å². The Kier molecular flexibility index (Phi) is 5.75. The number of aliphatic hydroxyl groups is 1. The van der Waals surface area contributed by atoms with Gasteiger partial charge in [0.1, 0.15) is 5.75 Å². The Hall–Kier alpha value is -1.34. The lowest BCUT2D eigenvalue weighted by molar-refractivity contribution is 0.0831. The van der Waals surface area contributed by atoms with Gasteiger partial charge in [-0.05, 0) is 26.2 Å². The van der Waals surface area contributed by atoms with E-state index in [-0.39, 0.29) is 12.4 Å². The van der Waals surface area contributed by atoms with Gasteiger partial charge in [-0.2, -0.15) is 0 Å². The van der Waals surface area contributed by atoms with Gasteiger partial charge in [-0.1, -0.05) is 30.0 Å². The highest BCUT2D eigenvalue weighted by Crippen LogP contribution is 2.45. The molecule has 128 valence electrons. The number of hydrogen-bond acceptors (Lipinski definition) is 6. The molecule has 2 aromatic heterocycles. The predicted octanol–water partition coefficient (Wildman–Crippen LogP) is 4.74. The molecule has 7 heteroatoms. The third kappa shape index (κ3) is 3.37. The number of thiophene rings is 1. The van der Waals surface area contributed by atoms with Crippen LogP contribution in [-0.2, 0) is 5.60 Å². The summed E-state index contributed by atoms with van der Waals surface area (Å²) in [7, 11) is 1.65. The summed E-state index contributed by atoms with van der Waals surface area (Å²) in [5.41, 5.74) is 1.74. The Balaban J connectivity index is 0.00000208. The van der Waals surface area contributed by atoms with E-state index in [2.05, 4.69) is 9.97 Å². The molecule has 0 amide bonds. The zero-order valence-electron chi connectivity index (χ0n) is 13.9. The molecule has 0 aliphatic heterocycles. The molecule has 0 spiro atoms. The normalized spacial score (nSPS) is 11.4. The van der Waals surface area contributed by atoms with Gasteiger partial charge in [0.15, 0.2) is 5.16 Å². The number of methoxy groups -OCH3 is 1. The lowest BCUT2D eigenvalue weighted by atomic mass is 9.96. The van der Waals surface area contributed by atoms with E-state index in [9.17, 15) is 5.11 Å². The van der Waals surface area contributed by atoms with Crippen molar-refractivity contribution in [2.75, 3.05) is 13.4 Å². The molecule has 4 nitrogen and oxygen atoms in total. The number of aromatic nitrogens is 2. The van der Waals surface area contributed by atoms with Crippen molar-refractivity contribution in [1.82, 2.24) is 9.97 Å². The van der Waals surface area contributed by atoms with Crippen LogP contribution in [0.1, 0.15) is 18.7 Å². The minimum absolute atomic E-state index is 0. The summed E-state index contributed by atoms with van der Waals surface area (Å²) in [5.74, 6) is 0.766. The second-order valence-electron chi connectivity index (χ2n) is 5.64. The smallest absolute Gasteiger partial charge is 0.187 e. The highest BCUT2D eigenvalue weighted by molar-refractivity contribution is 7.98. The number of rotatable bonds is 4. The van der Waals surface area contributed by atoms with Gasteiger partial charge in [0.05, 0.1) is 22.9 Å². The number of fused-ring (bicyclic) bond motifs is 1. The molecule has 2 heterocycles. The molecule has 1 N–H and O–H groups in total. The Labute approximate surface area is 155 Å². The van der Waals surface area contributed by atoms with Crippen LogP contribution in [0.2, 0.25) is 0 Å². The maximum Gasteiger partial charge on any atom is 0.187 e. The summed E-state index contributed by atoms with van der Waals surface area (Å²) in [6.45, 7) is 3.58. The van der Waals surface area contributed by atoms with Crippen molar-refractivity contribution < 1.29 is 9.84 Å². The quantitative estimate of drug-likeness (QED) is 0.521. The lowest BCUT2D eigenvalue weighted by Gasteiger charge is -2.18. The van der Waals surface area contributed by atoms with Crippen molar-refractivity contribution in [3.05, 3.63) is 35.3 Å². The molecule has 0 fully saturated rings. The second-order valence-corrected chi connectivity index (χ2v) is 7.46. The van der Waals surface area contributed by atoms with Gasteiger partial charge >= 0.3 is 0 Å². The average molecular weight is 383 g/mol. The fraction of sp³-hybridized carbons (Fsp3) is 0.294. The van der Waals surface area contributed by atoms with Gasteiger partial charge < -0.3 is 9.84 Å². The number of hydrogen-bond donors (Lipinski definition) is 1. The zero-order valence-corrected chi connectivity index (χ0v) is 16.3. The van der Waals surface area contributed by atoms with Gasteiger partial charge in [0, 0.05) is 22.2 Å². The maximum atomic E-state index is 10.6. The number of nitrogens with zero attached hydrogens (tertiary/aromatic N) is 2. The van der Waals surface area contributed by atoms with Gasteiger partial charge in [-0.25, -0.2) is 9.97 Å². The molecule has 0 atom stereocenters. The Morgan fingerprint density at radius 3 is 2.58 bits per heavy atom. The van der Waals surface area contributed by atoms with Crippen molar-refractivity contribution in [1.29, 1.82) is 0 Å². The van der Waals surface area contributed by atoms with Crippen molar-refractivity contribution in [3.63, 3.8) is 0 Å². The van der Waals surface area contributed by atoms with Gasteiger partial charge in [-0.3, -0.25) is 0 Å². The van der Waals surface area contributed by atoms with Gasteiger partial charge in [-0.15, -0.1) is 23.7 Å². The lowest BCUT2D eigenvalue weighted by Crippen LogP contribution is -2.14. The summed E-state index contributed by atoms with van der Waals surface area (Å²) < 4.78 is 6.48. The molecule has 0 unspecified atom stereocenters. The first-order valence-corrected chi connectivity index (χ1v) is 9.19. The number of benzene rings is 1. The van der Waals surface area contributed by atoms with E-state index < -0.39 is 5.60 Å². The monoisotopic (exact) mass is 382 g/mol. The first-order valence-electron chi connectivity index (χ1n) is 7.15. The molecule has 0 aliphatic rings. The van der Waals surface area contributed by atoms with Gasteiger partial charge in [0.25, 0.3) is 0 Å². The molecule has 1 aromatic carbocycles. The molecule has 24 heavy (non-hydrogen) atoms. The summed E-state index contributed by atoms with van der Waals surface area (Å²) in [4.78, 5) is 9.89. The highest BCUT2D eigenvalue weighted by atomic mass is 35.5. The Morgan fingerprint density at radius 1 is 1.25 bits per heavy atom. The maximum absolute atomic E-state index is 10.6. The van der Waals surface area contributed by atoms with Crippen LogP contribution >= 0.6 is 35.5 Å². The largest absolute Gasteiger partial charge is 0.496 e.